The van der Waals surface area contributed by atoms with Crippen molar-refractivity contribution in [3.05, 3.63) is 29.8 Å². The van der Waals surface area contributed by atoms with E-state index >= 15 is 0 Å². The van der Waals surface area contributed by atoms with Crippen LogP contribution < -0.4 is 10.1 Å². The minimum atomic E-state index is -4.69. The van der Waals surface area contributed by atoms with E-state index in [2.05, 4.69) is 10.1 Å². The summed E-state index contributed by atoms with van der Waals surface area (Å²) in [6.45, 7) is 2.69. The number of hydrogen-bond donors (Lipinski definition) is 2. The molecule has 1 aromatic rings. The molecule has 0 radical (unpaired) electrons. The number of aliphatic hydroxyl groups is 1. The van der Waals surface area contributed by atoms with Crippen molar-refractivity contribution in [2.45, 2.75) is 32.2 Å². The van der Waals surface area contributed by atoms with E-state index in [9.17, 15) is 13.2 Å². The number of halogens is 3. The second-order valence-corrected chi connectivity index (χ2v) is 4.14. The van der Waals surface area contributed by atoms with E-state index in [1.807, 2.05) is 6.92 Å². The highest BCUT2D eigenvalue weighted by atomic mass is 19.4. The van der Waals surface area contributed by atoms with Crippen LogP contribution in [0.15, 0.2) is 24.3 Å². The third-order valence-corrected chi connectivity index (χ3v) is 2.55. The summed E-state index contributed by atoms with van der Waals surface area (Å²) in [5.74, 6) is -0.244. The number of nitrogens with one attached hydrogen (secondary N) is 1. The quantitative estimate of drug-likeness (QED) is 0.805. The van der Waals surface area contributed by atoms with Gasteiger partial charge >= 0.3 is 6.36 Å². The Morgan fingerprint density at radius 2 is 2.11 bits per heavy atom. The van der Waals surface area contributed by atoms with Crippen molar-refractivity contribution < 1.29 is 23.0 Å². The van der Waals surface area contributed by atoms with E-state index in [0.717, 1.165) is 13.0 Å². The first-order valence-electron chi connectivity index (χ1n) is 6.16. The maximum absolute atomic E-state index is 12.1. The highest BCUT2D eigenvalue weighted by Gasteiger charge is 2.31. The fraction of sp³-hybridized carbons (Fsp3) is 0.538. The highest BCUT2D eigenvalue weighted by Crippen LogP contribution is 2.26. The topological polar surface area (TPSA) is 41.5 Å². The summed E-state index contributed by atoms with van der Waals surface area (Å²) in [4.78, 5) is 0. The van der Waals surface area contributed by atoms with Crippen LogP contribution in [0.3, 0.4) is 0 Å². The molecule has 1 rings (SSSR count). The van der Waals surface area contributed by atoms with Crippen LogP contribution in [0.25, 0.3) is 0 Å². The molecule has 0 spiro atoms. The number of ether oxygens (including phenoxy) is 1. The van der Waals surface area contributed by atoms with Crippen LogP contribution in [0.1, 0.15) is 31.4 Å². The molecule has 0 amide bonds. The molecule has 3 nitrogen and oxygen atoms in total. The van der Waals surface area contributed by atoms with Gasteiger partial charge in [-0.1, -0.05) is 19.1 Å². The number of alkyl halides is 3. The zero-order chi connectivity index (χ0) is 14.3. The maximum Gasteiger partial charge on any atom is 0.573 e. The van der Waals surface area contributed by atoms with Gasteiger partial charge in [0.25, 0.3) is 0 Å². The van der Waals surface area contributed by atoms with Gasteiger partial charge in [0.1, 0.15) is 5.75 Å². The van der Waals surface area contributed by atoms with E-state index < -0.39 is 6.36 Å². The molecule has 0 aromatic heterocycles. The number of hydrogen-bond acceptors (Lipinski definition) is 3. The van der Waals surface area contributed by atoms with E-state index in [1.165, 1.54) is 18.2 Å². The largest absolute Gasteiger partial charge is 0.573 e. The molecule has 19 heavy (non-hydrogen) atoms. The smallest absolute Gasteiger partial charge is 0.406 e. The fourth-order valence-corrected chi connectivity index (χ4v) is 1.76. The molecule has 1 atom stereocenters. The minimum Gasteiger partial charge on any atom is -0.406 e. The molecule has 0 saturated carbocycles. The van der Waals surface area contributed by atoms with Gasteiger partial charge in [0, 0.05) is 12.6 Å². The van der Waals surface area contributed by atoms with Gasteiger partial charge in [-0.25, -0.2) is 0 Å². The van der Waals surface area contributed by atoms with Gasteiger partial charge < -0.3 is 15.2 Å². The Bertz CT molecular complexity index is 382. The van der Waals surface area contributed by atoms with Crippen LogP contribution in [0.2, 0.25) is 0 Å². The monoisotopic (exact) mass is 277 g/mol. The first-order chi connectivity index (χ1) is 8.96. The zero-order valence-electron chi connectivity index (χ0n) is 10.7. The normalized spacial score (nSPS) is 13.3. The Morgan fingerprint density at radius 1 is 1.37 bits per heavy atom. The van der Waals surface area contributed by atoms with Gasteiger partial charge in [-0.3, -0.25) is 0 Å². The average Bonchev–Trinajstić information content (AvgIpc) is 2.32. The van der Waals surface area contributed by atoms with Crippen LogP contribution in [-0.4, -0.2) is 24.6 Å². The Labute approximate surface area is 110 Å². The molecule has 108 valence electrons. The van der Waals surface area contributed by atoms with Crippen molar-refractivity contribution in [1.29, 1.82) is 0 Å². The Hall–Kier alpha value is -1.27. The number of benzene rings is 1. The average molecular weight is 277 g/mol. The lowest BCUT2D eigenvalue weighted by molar-refractivity contribution is -0.274. The van der Waals surface area contributed by atoms with Gasteiger partial charge in [-0.15, -0.1) is 13.2 Å². The lowest BCUT2D eigenvalue weighted by Gasteiger charge is -2.19. The molecule has 0 bridgehead atoms. The first kappa shape index (κ1) is 15.8. The standard InChI is InChI=1S/C13H18F3NO2/c1-2-7-17-12(6-8-18)10-4-3-5-11(9-10)19-13(14,15)16/h3-5,9,12,17-18H,2,6-8H2,1H3. The van der Waals surface area contributed by atoms with Gasteiger partial charge in [0.2, 0.25) is 0 Å². The SMILES string of the molecule is CCCNC(CCO)c1cccc(OC(F)(F)F)c1. The van der Waals surface area contributed by atoms with Crippen LogP contribution in [0.4, 0.5) is 13.2 Å². The molecule has 0 aliphatic carbocycles. The van der Waals surface area contributed by atoms with E-state index in [1.54, 1.807) is 6.07 Å². The molecular weight excluding hydrogens is 259 g/mol. The first-order valence-corrected chi connectivity index (χ1v) is 6.16. The van der Waals surface area contributed by atoms with Gasteiger partial charge in [0.05, 0.1) is 0 Å². The Kier molecular flexibility index (Phi) is 6.11. The molecule has 0 saturated heterocycles. The van der Waals surface area contributed by atoms with Gasteiger partial charge in [-0.2, -0.15) is 0 Å². The van der Waals surface area contributed by atoms with Crippen molar-refractivity contribution in [2.24, 2.45) is 0 Å². The maximum atomic E-state index is 12.1. The summed E-state index contributed by atoms with van der Waals surface area (Å²) in [6, 6.07) is 5.64. The van der Waals surface area contributed by atoms with Crippen LogP contribution in [0.5, 0.6) is 5.75 Å². The van der Waals surface area contributed by atoms with Crippen molar-refractivity contribution >= 4 is 0 Å². The van der Waals surface area contributed by atoms with E-state index in [0.29, 0.717) is 12.0 Å². The van der Waals surface area contributed by atoms with Crippen molar-refractivity contribution in [2.75, 3.05) is 13.2 Å². The second-order valence-electron chi connectivity index (χ2n) is 4.14. The van der Waals surface area contributed by atoms with Crippen molar-refractivity contribution in [3.63, 3.8) is 0 Å². The Morgan fingerprint density at radius 3 is 2.68 bits per heavy atom. The summed E-state index contributed by atoms with van der Waals surface area (Å²) in [7, 11) is 0. The number of rotatable bonds is 7. The summed E-state index contributed by atoms with van der Waals surface area (Å²) >= 11 is 0. The second kappa shape index (κ2) is 7.35. The third kappa shape index (κ3) is 5.94. The van der Waals surface area contributed by atoms with E-state index in [4.69, 9.17) is 5.11 Å². The summed E-state index contributed by atoms with van der Waals surface area (Å²) in [5.41, 5.74) is 0.671. The molecule has 1 unspecified atom stereocenters. The van der Waals surface area contributed by atoms with E-state index in [-0.39, 0.29) is 18.4 Å². The van der Waals surface area contributed by atoms with Crippen LogP contribution >= 0.6 is 0 Å². The molecule has 6 heteroatoms. The third-order valence-electron chi connectivity index (χ3n) is 2.55. The summed E-state index contributed by atoms with van der Waals surface area (Å²) < 4.78 is 40.3. The van der Waals surface area contributed by atoms with Gasteiger partial charge in [-0.05, 0) is 37.1 Å². The summed E-state index contributed by atoms with van der Waals surface area (Å²) in [5, 5.41) is 12.2. The molecule has 0 aliphatic heterocycles. The van der Waals surface area contributed by atoms with Crippen molar-refractivity contribution in [3.8, 4) is 5.75 Å². The number of aliphatic hydroxyl groups excluding tert-OH is 1. The van der Waals surface area contributed by atoms with Gasteiger partial charge in [0.15, 0.2) is 0 Å². The molecule has 0 fully saturated rings. The lowest BCUT2D eigenvalue weighted by Crippen LogP contribution is -2.23. The minimum absolute atomic E-state index is 0.0360. The van der Waals surface area contributed by atoms with Crippen LogP contribution in [0, 0.1) is 0 Å². The summed E-state index contributed by atoms with van der Waals surface area (Å²) in [6.07, 6.45) is -3.35. The predicted octanol–water partition coefficient (Wildman–Crippen LogP) is 3.01. The Balaban J connectivity index is 2.81. The molecule has 1 aromatic carbocycles. The lowest BCUT2D eigenvalue weighted by atomic mass is 10.0. The molecular formula is C13H18F3NO2. The molecule has 0 aliphatic rings. The highest BCUT2D eigenvalue weighted by molar-refractivity contribution is 5.30. The molecule has 0 heterocycles. The predicted molar refractivity (Wildman–Crippen MR) is 65.9 cm³/mol. The zero-order valence-corrected chi connectivity index (χ0v) is 10.7. The fourth-order valence-electron chi connectivity index (χ4n) is 1.76. The van der Waals surface area contributed by atoms with Crippen molar-refractivity contribution in [1.82, 2.24) is 5.32 Å². The molecule has 2 N–H and O–H groups in total. The van der Waals surface area contributed by atoms with Crippen LogP contribution in [-0.2, 0) is 0 Å².